The van der Waals surface area contributed by atoms with Crippen molar-refractivity contribution in [1.82, 2.24) is 0 Å². The maximum atomic E-state index is 10.7. The van der Waals surface area contributed by atoms with E-state index in [0.717, 1.165) is 25.5 Å². The van der Waals surface area contributed by atoms with E-state index in [0.29, 0.717) is 12.5 Å². The van der Waals surface area contributed by atoms with Crippen molar-refractivity contribution in [3.63, 3.8) is 0 Å². The number of carbonyl (C=O) groups excluding carboxylic acids is 1. The maximum absolute atomic E-state index is 10.7. The molecule has 3 heteroatoms. The monoisotopic (exact) mass is 184 g/mol. The van der Waals surface area contributed by atoms with Crippen LogP contribution in [0, 0.1) is 11.8 Å². The summed E-state index contributed by atoms with van der Waals surface area (Å²) in [6.45, 7) is 2.66. The Bertz CT molecular complexity index is 193. The number of hydrogen-bond acceptors (Lipinski definition) is 3. The summed E-state index contributed by atoms with van der Waals surface area (Å²) in [5.74, 6) is 0.643. The van der Waals surface area contributed by atoms with Gasteiger partial charge in [-0.2, -0.15) is 0 Å². The summed E-state index contributed by atoms with van der Waals surface area (Å²) in [7, 11) is 0. The zero-order valence-electron chi connectivity index (χ0n) is 7.94. The summed E-state index contributed by atoms with van der Waals surface area (Å²) in [6, 6.07) is 0. The lowest BCUT2D eigenvalue weighted by atomic mass is 9.94. The third-order valence-electron chi connectivity index (χ3n) is 3.13. The van der Waals surface area contributed by atoms with Gasteiger partial charge in [0.15, 0.2) is 6.29 Å². The molecular weight excluding hydrogens is 168 g/mol. The highest BCUT2D eigenvalue weighted by Crippen LogP contribution is 2.42. The molecular formula is C10H16O3. The first kappa shape index (κ1) is 9.16. The first-order valence-electron chi connectivity index (χ1n) is 5.07. The largest absolute Gasteiger partial charge is 0.353 e. The van der Waals surface area contributed by atoms with Crippen molar-refractivity contribution in [2.45, 2.75) is 38.6 Å². The predicted octanol–water partition coefficient (Wildman–Crippen LogP) is 1.36. The molecule has 0 amide bonds. The zero-order valence-corrected chi connectivity index (χ0v) is 7.94. The molecule has 0 N–H and O–H groups in total. The molecule has 1 aliphatic heterocycles. The molecule has 0 aromatic carbocycles. The molecule has 0 aromatic rings. The van der Waals surface area contributed by atoms with Crippen molar-refractivity contribution >= 4 is 6.29 Å². The lowest BCUT2D eigenvalue weighted by Crippen LogP contribution is -2.14. The minimum absolute atomic E-state index is 0.0530. The van der Waals surface area contributed by atoms with Crippen LogP contribution in [0.3, 0.4) is 0 Å². The fourth-order valence-corrected chi connectivity index (χ4v) is 2.49. The molecule has 3 nitrogen and oxygen atoms in total. The lowest BCUT2D eigenvalue weighted by Gasteiger charge is -2.11. The van der Waals surface area contributed by atoms with Crippen LogP contribution < -0.4 is 0 Å². The van der Waals surface area contributed by atoms with E-state index in [9.17, 15) is 4.79 Å². The molecule has 0 aromatic heterocycles. The van der Waals surface area contributed by atoms with Gasteiger partial charge in [0.05, 0.1) is 6.10 Å². The van der Waals surface area contributed by atoms with Crippen molar-refractivity contribution in [3.8, 4) is 0 Å². The van der Waals surface area contributed by atoms with E-state index in [1.807, 2.05) is 6.92 Å². The van der Waals surface area contributed by atoms with Crippen molar-refractivity contribution < 1.29 is 14.3 Å². The molecule has 2 rings (SSSR count). The maximum Gasteiger partial charge on any atom is 0.158 e. The van der Waals surface area contributed by atoms with Crippen LogP contribution in [-0.2, 0) is 14.3 Å². The Balaban J connectivity index is 1.93. The Labute approximate surface area is 78.4 Å². The number of rotatable bonds is 3. The van der Waals surface area contributed by atoms with Gasteiger partial charge in [-0.05, 0) is 25.7 Å². The van der Waals surface area contributed by atoms with Gasteiger partial charge in [0, 0.05) is 18.9 Å². The highest BCUT2D eigenvalue weighted by Gasteiger charge is 2.44. The van der Waals surface area contributed by atoms with Crippen LogP contribution in [0.4, 0.5) is 0 Å². The van der Waals surface area contributed by atoms with Gasteiger partial charge in [-0.15, -0.1) is 0 Å². The molecule has 74 valence electrons. The van der Waals surface area contributed by atoms with Gasteiger partial charge in [0.25, 0.3) is 0 Å². The van der Waals surface area contributed by atoms with Gasteiger partial charge in [-0.1, -0.05) is 0 Å². The van der Waals surface area contributed by atoms with Crippen LogP contribution in [0.25, 0.3) is 0 Å². The predicted molar refractivity (Wildman–Crippen MR) is 47.2 cm³/mol. The van der Waals surface area contributed by atoms with Gasteiger partial charge in [-0.3, -0.25) is 0 Å². The first-order valence-corrected chi connectivity index (χ1v) is 5.07. The second-order valence-electron chi connectivity index (χ2n) is 3.84. The SMILES string of the molecule is CCO[C@H]1C[C@H]2[C@H](C=O)CC[C@H]2O1. The van der Waals surface area contributed by atoms with Crippen LogP contribution in [0.5, 0.6) is 0 Å². The summed E-state index contributed by atoms with van der Waals surface area (Å²) in [5, 5.41) is 0. The summed E-state index contributed by atoms with van der Waals surface area (Å²) in [6.07, 6.45) is 4.24. The standard InChI is InChI=1S/C10H16O3/c1-2-12-10-5-8-7(6-11)3-4-9(8)13-10/h6-10H,2-5H2,1H3/t7-,8-,9+,10+/m0/s1. The highest BCUT2D eigenvalue weighted by atomic mass is 16.7. The second kappa shape index (κ2) is 3.76. The molecule has 1 heterocycles. The molecule has 0 radical (unpaired) electrons. The van der Waals surface area contributed by atoms with Gasteiger partial charge >= 0.3 is 0 Å². The molecule has 1 saturated carbocycles. The van der Waals surface area contributed by atoms with E-state index in [4.69, 9.17) is 9.47 Å². The van der Waals surface area contributed by atoms with Crippen molar-refractivity contribution in [2.24, 2.45) is 11.8 Å². The van der Waals surface area contributed by atoms with Crippen LogP contribution in [0.15, 0.2) is 0 Å². The summed E-state index contributed by atoms with van der Waals surface area (Å²) < 4.78 is 11.1. The van der Waals surface area contributed by atoms with Gasteiger partial charge in [0.2, 0.25) is 0 Å². The Morgan fingerprint density at radius 2 is 2.38 bits per heavy atom. The third-order valence-corrected chi connectivity index (χ3v) is 3.13. The Morgan fingerprint density at radius 1 is 1.54 bits per heavy atom. The van der Waals surface area contributed by atoms with Crippen molar-refractivity contribution in [3.05, 3.63) is 0 Å². The van der Waals surface area contributed by atoms with E-state index in [-0.39, 0.29) is 18.3 Å². The fourth-order valence-electron chi connectivity index (χ4n) is 2.49. The summed E-state index contributed by atoms with van der Waals surface area (Å²) in [5.41, 5.74) is 0. The number of hydrogen-bond donors (Lipinski definition) is 0. The number of fused-ring (bicyclic) bond motifs is 1. The van der Waals surface area contributed by atoms with E-state index in [2.05, 4.69) is 0 Å². The Kier molecular flexibility index (Phi) is 2.65. The van der Waals surface area contributed by atoms with Crippen molar-refractivity contribution in [2.75, 3.05) is 6.61 Å². The number of carbonyl (C=O) groups is 1. The van der Waals surface area contributed by atoms with Crippen LogP contribution in [0.2, 0.25) is 0 Å². The lowest BCUT2D eigenvalue weighted by molar-refractivity contribution is -0.130. The molecule has 2 fully saturated rings. The van der Waals surface area contributed by atoms with Crippen LogP contribution >= 0.6 is 0 Å². The van der Waals surface area contributed by atoms with Gasteiger partial charge in [0.1, 0.15) is 6.29 Å². The van der Waals surface area contributed by atoms with Gasteiger partial charge < -0.3 is 14.3 Å². The molecule has 0 unspecified atom stereocenters. The molecule has 1 saturated heterocycles. The molecule has 13 heavy (non-hydrogen) atoms. The number of ether oxygens (including phenoxy) is 2. The molecule has 0 spiro atoms. The van der Waals surface area contributed by atoms with Gasteiger partial charge in [-0.25, -0.2) is 0 Å². The Hall–Kier alpha value is -0.410. The molecule has 4 atom stereocenters. The quantitative estimate of drug-likeness (QED) is 0.621. The highest BCUT2D eigenvalue weighted by molar-refractivity contribution is 5.55. The van der Waals surface area contributed by atoms with E-state index >= 15 is 0 Å². The minimum Gasteiger partial charge on any atom is -0.353 e. The zero-order chi connectivity index (χ0) is 9.26. The second-order valence-corrected chi connectivity index (χ2v) is 3.84. The summed E-state index contributed by atoms with van der Waals surface area (Å²) in [4.78, 5) is 10.7. The topological polar surface area (TPSA) is 35.5 Å². The van der Waals surface area contributed by atoms with Crippen molar-refractivity contribution in [1.29, 1.82) is 0 Å². The average molecular weight is 184 g/mol. The third kappa shape index (κ3) is 1.63. The minimum atomic E-state index is -0.0530. The van der Waals surface area contributed by atoms with E-state index in [1.165, 1.54) is 0 Å². The number of aldehydes is 1. The molecule has 0 bridgehead atoms. The normalized spacial score (nSPS) is 43.5. The smallest absolute Gasteiger partial charge is 0.158 e. The Morgan fingerprint density at radius 3 is 3.08 bits per heavy atom. The molecule has 2 aliphatic rings. The van der Waals surface area contributed by atoms with E-state index < -0.39 is 0 Å². The average Bonchev–Trinajstić information content (AvgIpc) is 2.63. The van der Waals surface area contributed by atoms with E-state index in [1.54, 1.807) is 0 Å². The molecule has 1 aliphatic carbocycles. The fraction of sp³-hybridized carbons (Fsp3) is 0.900. The van der Waals surface area contributed by atoms with Crippen LogP contribution in [-0.4, -0.2) is 25.3 Å². The summed E-state index contributed by atoms with van der Waals surface area (Å²) >= 11 is 0. The van der Waals surface area contributed by atoms with Crippen LogP contribution in [0.1, 0.15) is 26.2 Å². The first-order chi connectivity index (χ1) is 6.35.